The maximum Gasteiger partial charge on any atom is 0.303 e. The van der Waals surface area contributed by atoms with E-state index in [1.807, 2.05) is 6.08 Å². The highest BCUT2D eigenvalue weighted by Crippen LogP contribution is 2.69. The number of carbonyl (C=O) groups excluding carboxylic acids is 3. The van der Waals surface area contributed by atoms with E-state index in [-0.39, 0.29) is 41.3 Å². The summed E-state index contributed by atoms with van der Waals surface area (Å²) >= 11 is 0. The second kappa shape index (κ2) is 6.86. The maximum absolute atomic E-state index is 13.5. The fraction of sp³-hybridized carbons (Fsp3) is 0.680. The summed E-state index contributed by atoms with van der Waals surface area (Å²) in [6, 6.07) is 0. The molecule has 5 rings (SSSR count). The monoisotopic (exact) mass is 441 g/mol. The van der Waals surface area contributed by atoms with Gasteiger partial charge in [-0.3, -0.25) is 14.4 Å². The van der Waals surface area contributed by atoms with E-state index in [2.05, 4.69) is 13.8 Å². The standard InChI is InChI=1S/C25H31NO6/c1-13-26-25(20(30)12-31-14(2)27)21(32-13)10-18-17-6-5-15-9-16(28)7-8-23(15,3)22(17)19(29)11-24(18,25)4/h7-9,17-19,21-22,29H,5-6,10-12H2,1-4H3/t17-,18-,19-,21-,22+,23-,24-,25-/m0/s1. The molecule has 1 aliphatic heterocycles. The molecular formula is C25H31NO6. The second-order valence-corrected chi connectivity index (χ2v) is 10.7. The Bertz CT molecular complexity index is 996. The molecule has 7 heteroatoms. The van der Waals surface area contributed by atoms with Gasteiger partial charge in [0, 0.05) is 30.6 Å². The van der Waals surface area contributed by atoms with Crippen LogP contribution in [0.5, 0.6) is 0 Å². The molecule has 32 heavy (non-hydrogen) atoms. The number of carbonyl (C=O) groups is 3. The van der Waals surface area contributed by atoms with E-state index in [1.165, 1.54) is 6.92 Å². The Morgan fingerprint density at radius 2 is 2.09 bits per heavy atom. The van der Waals surface area contributed by atoms with Crippen molar-refractivity contribution in [2.75, 3.05) is 6.61 Å². The lowest BCUT2D eigenvalue weighted by Crippen LogP contribution is -2.62. The van der Waals surface area contributed by atoms with Crippen molar-refractivity contribution in [3.05, 3.63) is 23.8 Å². The zero-order chi connectivity index (χ0) is 23.1. The molecule has 0 saturated heterocycles. The summed E-state index contributed by atoms with van der Waals surface area (Å²) in [6.45, 7) is 6.88. The van der Waals surface area contributed by atoms with Gasteiger partial charge in [-0.15, -0.1) is 0 Å². The summed E-state index contributed by atoms with van der Waals surface area (Å²) in [4.78, 5) is 41.7. The zero-order valence-electron chi connectivity index (χ0n) is 19.1. The third kappa shape index (κ3) is 2.63. The van der Waals surface area contributed by atoms with E-state index in [9.17, 15) is 19.5 Å². The quantitative estimate of drug-likeness (QED) is 0.676. The molecule has 3 saturated carbocycles. The molecule has 0 spiro atoms. The second-order valence-electron chi connectivity index (χ2n) is 10.7. The van der Waals surface area contributed by atoms with Crippen LogP contribution in [-0.4, -0.2) is 52.9 Å². The van der Waals surface area contributed by atoms with Gasteiger partial charge in [0.15, 0.2) is 23.8 Å². The zero-order valence-corrected chi connectivity index (χ0v) is 19.1. The predicted molar refractivity (Wildman–Crippen MR) is 116 cm³/mol. The van der Waals surface area contributed by atoms with Crippen LogP contribution < -0.4 is 0 Å². The number of aliphatic hydroxyl groups excluding tert-OH is 1. The molecule has 8 atom stereocenters. The van der Waals surface area contributed by atoms with Gasteiger partial charge in [-0.2, -0.15) is 0 Å². The van der Waals surface area contributed by atoms with Gasteiger partial charge in [0.25, 0.3) is 0 Å². The Kier molecular flexibility index (Phi) is 4.62. The molecule has 0 bridgehead atoms. The lowest BCUT2D eigenvalue weighted by Gasteiger charge is -2.59. The molecular weight excluding hydrogens is 410 g/mol. The highest BCUT2D eigenvalue weighted by molar-refractivity contribution is 6.01. The highest BCUT2D eigenvalue weighted by atomic mass is 16.5. The molecule has 1 N–H and O–H groups in total. The van der Waals surface area contributed by atoms with Crippen LogP contribution in [0.1, 0.15) is 53.4 Å². The number of ketones is 2. The number of ether oxygens (including phenoxy) is 2. The first-order valence-corrected chi connectivity index (χ1v) is 11.5. The third-order valence-corrected chi connectivity index (χ3v) is 9.17. The van der Waals surface area contributed by atoms with Gasteiger partial charge in [0.05, 0.1) is 6.10 Å². The minimum atomic E-state index is -1.15. The number of fused-ring (bicyclic) bond motifs is 7. The number of aliphatic hydroxyl groups is 1. The topological polar surface area (TPSA) is 102 Å². The van der Waals surface area contributed by atoms with Crippen LogP contribution in [0, 0.1) is 28.6 Å². The third-order valence-electron chi connectivity index (χ3n) is 9.17. The number of rotatable bonds is 3. The van der Waals surface area contributed by atoms with Crippen molar-refractivity contribution in [2.24, 2.45) is 33.6 Å². The summed E-state index contributed by atoms with van der Waals surface area (Å²) in [5, 5.41) is 11.6. The SMILES string of the molecule is CC(=O)OCC(=O)[C@]12N=C(C)O[C@H]1C[C@H]1[C@@H]3CCC4=CC(=O)C=C[C@]4(C)[C@H]3[C@@H](O)C[C@@]12C. The van der Waals surface area contributed by atoms with E-state index in [1.54, 1.807) is 19.1 Å². The number of aliphatic imine (C=N–C) groups is 1. The molecule has 1 heterocycles. The van der Waals surface area contributed by atoms with Gasteiger partial charge in [-0.25, -0.2) is 4.99 Å². The van der Waals surface area contributed by atoms with Crippen LogP contribution in [0.25, 0.3) is 0 Å². The lowest BCUT2D eigenvalue weighted by molar-refractivity contribution is -0.155. The molecule has 0 aromatic carbocycles. The van der Waals surface area contributed by atoms with Crippen molar-refractivity contribution >= 4 is 23.4 Å². The average Bonchev–Trinajstić information content (AvgIpc) is 3.17. The minimum absolute atomic E-state index is 0.00898. The Labute approximate surface area is 187 Å². The number of hydrogen-bond donors (Lipinski definition) is 1. The van der Waals surface area contributed by atoms with Gasteiger partial charge in [0.1, 0.15) is 6.10 Å². The van der Waals surface area contributed by atoms with E-state index < -0.39 is 29.1 Å². The molecule has 5 aliphatic rings. The van der Waals surface area contributed by atoms with Crippen LogP contribution in [0.2, 0.25) is 0 Å². The number of esters is 1. The van der Waals surface area contributed by atoms with Crippen molar-refractivity contribution in [3.63, 3.8) is 0 Å². The van der Waals surface area contributed by atoms with Gasteiger partial charge in [0.2, 0.25) is 5.78 Å². The predicted octanol–water partition coefficient (Wildman–Crippen LogP) is 2.56. The van der Waals surface area contributed by atoms with Crippen LogP contribution in [0.15, 0.2) is 28.8 Å². The van der Waals surface area contributed by atoms with Crippen LogP contribution >= 0.6 is 0 Å². The summed E-state index contributed by atoms with van der Waals surface area (Å²) in [5.74, 6) is -0.0140. The van der Waals surface area contributed by atoms with E-state index in [0.29, 0.717) is 18.7 Å². The lowest BCUT2D eigenvalue weighted by atomic mass is 9.46. The maximum atomic E-state index is 13.5. The molecule has 0 radical (unpaired) electrons. The first-order valence-electron chi connectivity index (χ1n) is 11.5. The number of hydrogen-bond acceptors (Lipinski definition) is 7. The number of nitrogens with zero attached hydrogens (tertiary/aromatic N) is 1. The summed E-state index contributed by atoms with van der Waals surface area (Å²) in [6.07, 6.45) is 7.01. The van der Waals surface area contributed by atoms with Crippen LogP contribution in [0.4, 0.5) is 0 Å². The fourth-order valence-electron chi connectivity index (χ4n) is 7.97. The van der Waals surface area contributed by atoms with Crippen molar-refractivity contribution in [1.29, 1.82) is 0 Å². The molecule has 0 aromatic heterocycles. The first kappa shape index (κ1) is 21.6. The van der Waals surface area contributed by atoms with E-state index in [4.69, 9.17) is 14.5 Å². The van der Waals surface area contributed by atoms with Gasteiger partial charge < -0.3 is 14.6 Å². The summed E-state index contributed by atoms with van der Waals surface area (Å²) < 4.78 is 11.2. The largest absolute Gasteiger partial charge is 0.475 e. The Hall–Kier alpha value is -2.28. The van der Waals surface area contributed by atoms with Crippen LogP contribution in [0.3, 0.4) is 0 Å². The number of allylic oxidation sites excluding steroid dienone is 4. The summed E-state index contributed by atoms with van der Waals surface area (Å²) in [7, 11) is 0. The first-order chi connectivity index (χ1) is 15.0. The van der Waals surface area contributed by atoms with Gasteiger partial charge in [-0.05, 0) is 49.7 Å². The Morgan fingerprint density at radius 3 is 2.81 bits per heavy atom. The Morgan fingerprint density at radius 1 is 1.34 bits per heavy atom. The molecule has 0 unspecified atom stereocenters. The number of Topliss-reactive ketones (excluding diaryl/α,β-unsaturated/α-hetero) is 1. The molecule has 3 fully saturated rings. The van der Waals surface area contributed by atoms with E-state index >= 15 is 0 Å². The van der Waals surface area contributed by atoms with Gasteiger partial charge in [-0.1, -0.05) is 25.5 Å². The fourth-order valence-corrected chi connectivity index (χ4v) is 7.97. The normalized spacial score (nSPS) is 46.2. The molecule has 7 nitrogen and oxygen atoms in total. The molecule has 0 amide bonds. The summed E-state index contributed by atoms with van der Waals surface area (Å²) in [5.41, 5.74) is -1.04. The van der Waals surface area contributed by atoms with Gasteiger partial charge >= 0.3 is 5.97 Å². The molecule has 172 valence electrons. The smallest absolute Gasteiger partial charge is 0.303 e. The average molecular weight is 442 g/mol. The molecule has 4 aliphatic carbocycles. The van der Waals surface area contributed by atoms with E-state index in [0.717, 1.165) is 18.4 Å². The van der Waals surface area contributed by atoms with Crippen molar-refractivity contribution in [2.45, 2.75) is 71.1 Å². The van der Waals surface area contributed by atoms with Crippen molar-refractivity contribution in [1.82, 2.24) is 0 Å². The van der Waals surface area contributed by atoms with Crippen molar-refractivity contribution in [3.8, 4) is 0 Å². The minimum Gasteiger partial charge on any atom is -0.475 e. The Balaban J connectivity index is 1.56. The van der Waals surface area contributed by atoms with Crippen molar-refractivity contribution < 1.29 is 29.0 Å². The highest BCUT2D eigenvalue weighted by Gasteiger charge is 2.74. The molecule has 0 aromatic rings. The van der Waals surface area contributed by atoms with Crippen LogP contribution in [-0.2, 0) is 23.9 Å².